The summed E-state index contributed by atoms with van der Waals surface area (Å²) in [6, 6.07) is 0.713. The maximum absolute atomic E-state index is 13.6. The van der Waals surface area contributed by atoms with Crippen LogP contribution in [0.2, 0.25) is 0 Å². The van der Waals surface area contributed by atoms with Crippen LogP contribution in [0.1, 0.15) is 122 Å². The average molecular weight is 1060 g/mol. The Kier molecular flexibility index (Phi) is 34.7. The topological polar surface area (TPSA) is 157 Å². The number of hydrogen-bond acceptors (Lipinski definition) is 8. The molecule has 24 heteroatoms. The van der Waals surface area contributed by atoms with Crippen LogP contribution in [0.4, 0.5) is 0 Å². The Morgan fingerprint density at radius 1 is 0.433 bits per heavy atom. The van der Waals surface area contributed by atoms with E-state index in [1.165, 1.54) is 38.5 Å². The maximum Gasteiger partial charge on any atom is 0.346 e. The van der Waals surface area contributed by atoms with Gasteiger partial charge in [0.15, 0.2) is 0 Å². The van der Waals surface area contributed by atoms with Crippen molar-refractivity contribution < 1.29 is 36.4 Å². The van der Waals surface area contributed by atoms with Crippen molar-refractivity contribution in [2.24, 2.45) is 0 Å². The third kappa shape index (κ3) is 20.8. The molecule has 19 nitrogen and oxygen atoms in total. The van der Waals surface area contributed by atoms with Gasteiger partial charge in [0.2, 0.25) is 0 Å². The quantitative estimate of drug-likeness (QED) is 0.102. The van der Waals surface area contributed by atoms with Crippen LogP contribution in [0.3, 0.4) is 0 Å². The SMILES string of the molecule is CCOP(=O)(CC)NC.CCOP(=O)(N(C(C)C)C(C)C)N(C(C)C)C(C)C.CCOP(=O)(N(C)C)N(C)C.CN(C)P(=O)(N(C)C)N(C)C.O=P(N1CCCC1)(N1CCCC1)N1CCCC1. The molecule has 1 atom stereocenters. The second-order valence-electron chi connectivity index (χ2n) is 18.8. The van der Waals surface area contributed by atoms with Gasteiger partial charge in [-0.3, -0.25) is 22.8 Å². The minimum absolute atomic E-state index is 0.178. The van der Waals surface area contributed by atoms with E-state index in [0.717, 1.165) is 39.3 Å². The molecule has 1 N–H and O–H groups in total. The number of rotatable bonds is 22. The smallest absolute Gasteiger partial charge is 0.318 e. The largest absolute Gasteiger partial charge is 0.346 e. The second-order valence-corrected chi connectivity index (χ2v) is 32.7. The summed E-state index contributed by atoms with van der Waals surface area (Å²) in [6.45, 7) is 31.7. The Labute approximate surface area is 413 Å². The molecule has 0 aromatic heterocycles. The van der Waals surface area contributed by atoms with E-state index in [1.54, 1.807) is 58.6 Å². The van der Waals surface area contributed by atoms with Crippen molar-refractivity contribution in [1.82, 2.24) is 51.8 Å². The summed E-state index contributed by atoms with van der Waals surface area (Å²) >= 11 is 0. The fourth-order valence-corrected chi connectivity index (χ4v) is 19.9. The summed E-state index contributed by atoms with van der Waals surface area (Å²) in [6.07, 6.45) is 7.92. The first kappa shape index (κ1) is 69.7. The highest BCUT2D eigenvalue weighted by atomic mass is 31.2. The zero-order valence-corrected chi connectivity index (χ0v) is 51.6. The van der Waals surface area contributed by atoms with Crippen molar-refractivity contribution >= 4 is 38.0 Å². The number of nitrogens with zero attached hydrogens (tertiary/aromatic N) is 10. The first-order valence-electron chi connectivity index (χ1n) is 24.7. The molecule has 0 spiro atoms. The molecule has 3 saturated heterocycles. The molecule has 0 aromatic carbocycles. The van der Waals surface area contributed by atoms with E-state index >= 15 is 0 Å². The van der Waals surface area contributed by atoms with Crippen LogP contribution in [0.15, 0.2) is 0 Å². The van der Waals surface area contributed by atoms with Crippen LogP contribution >= 0.6 is 38.0 Å². The third-order valence-corrected chi connectivity index (χ3v) is 26.3. The van der Waals surface area contributed by atoms with Gasteiger partial charge in [-0.25, -0.2) is 51.8 Å². The lowest BCUT2D eigenvalue weighted by atomic mass is 10.3. The summed E-state index contributed by atoms with van der Waals surface area (Å²) in [5.41, 5.74) is 0. The molecule has 3 aliphatic rings. The highest BCUT2D eigenvalue weighted by Crippen LogP contribution is 2.60. The van der Waals surface area contributed by atoms with E-state index in [-0.39, 0.29) is 24.2 Å². The Morgan fingerprint density at radius 2 is 0.687 bits per heavy atom. The van der Waals surface area contributed by atoms with Crippen LogP contribution in [-0.2, 0) is 36.4 Å². The average Bonchev–Trinajstić information content (AvgIpc) is 4.06. The van der Waals surface area contributed by atoms with E-state index in [1.807, 2.05) is 79.3 Å². The Balaban J connectivity index is 0. The highest BCUT2D eigenvalue weighted by molar-refractivity contribution is 7.57. The molecule has 0 amide bonds. The van der Waals surface area contributed by atoms with E-state index in [4.69, 9.17) is 13.6 Å². The molecule has 3 fully saturated rings. The van der Waals surface area contributed by atoms with Gasteiger partial charge in [0.1, 0.15) is 0 Å². The zero-order valence-electron chi connectivity index (χ0n) is 47.1. The van der Waals surface area contributed by atoms with Gasteiger partial charge >= 0.3 is 15.3 Å². The fourth-order valence-electron chi connectivity index (χ4n) is 8.55. The summed E-state index contributed by atoms with van der Waals surface area (Å²) in [5, 5.41) is 2.66. The van der Waals surface area contributed by atoms with Crippen LogP contribution in [-0.4, -0.2) is 214 Å². The molecular formula is C43H106N11O8P5. The number of hydrogen-bond donors (Lipinski definition) is 1. The lowest BCUT2D eigenvalue weighted by Crippen LogP contribution is -2.45. The van der Waals surface area contributed by atoms with Crippen LogP contribution in [0.5, 0.6) is 0 Å². The summed E-state index contributed by atoms with van der Waals surface area (Å²) in [7, 11) is 6.64. The lowest BCUT2D eigenvalue weighted by molar-refractivity contribution is 0.152. The Hall–Kier alpha value is 0.590. The van der Waals surface area contributed by atoms with Crippen molar-refractivity contribution in [2.45, 2.75) is 146 Å². The van der Waals surface area contributed by atoms with Crippen molar-refractivity contribution in [3.05, 3.63) is 0 Å². The second kappa shape index (κ2) is 33.4. The molecule has 0 aromatic rings. The molecule has 67 heavy (non-hydrogen) atoms. The first-order chi connectivity index (χ1) is 30.9. The first-order valence-corrected chi connectivity index (χ1v) is 32.7. The molecule has 3 heterocycles. The molecule has 1 unspecified atom stereocenters. The van der Waals surface area contributed by atoms with E-state index in [2.05, 4.69) is 74.5 Å². The molecule has 3 rings (SSSR count). The predicted octanol–water partition coefficient (Wildman–Crippen LogP) is 10.2. The Morgan fingerprint density at radius 3 is 0.821 bits per heavy atom. The molecule has 0 radical (unpaired) electrons. The molecule has 0 aliphatic carbocycles. The van der Waals surface area contributed by atoms with Gasteiger partial charge in [-0.1, -0.05) is 6.92 Å². The number of nitrogens with one attached hydrogen (secondary N) is 1. The van der Waals surface area contributed by atoms with Crippen molar-refractivity contribution in [1.29, 1.82) is 0 Å². The van der Waals surface area contributed by atoms with Gasteiger partial charge in [0.05, 0.1) is 19.8 Å². The fraction of sp³-hybridized carbons (Fsp3) is 1.00. The summed E-state index contributed by atoms with van der Waals surface area (Å²) < 4.78 is 97.7. The molecule has 0 saturated carbocycles. The van der Waals surface area contributed by atoms with Crippen LogP contribution in [0, 0.1) is 0 Å². The zero-order chi connectivity index (χ0) is 52.7. The summed E-state index contributed by atoms with van der Waals surface area (Å²) in [4.78, 5) is 0. The minimum Gasteiger partial charge on any atom is -0.318 e. The van der Waals surface area contributed by atoms with Gasteiger partial charge in [0, 0.05) is 69.6 Å². The monoisotopic (exact) mass is 1060 g/mol. The van der Waals surface area contributed by atoms with E-state index < -0.39 is 38.0 Å². The maximum atomic E-state index is 13.6. The highest BCUT2D eigenvalue weighted by Gasteiger charge is 2.46. The molecule has 3 aliphatic heterocycles. The van der Waals surface area contributed by atoms with Gasteiger partial charge in [-0.15, -0.1) is 0 Å². The third-order valence-electron chi connectivity index (χ3n) is 11.3. The van der Waals surface area contributed by atoms with Crippen LogP contribution < -0.4 is 5.09 Å². The van der Waals surface area contributed by atoms with E-state index in [9.17, 15) is 22.8 Å². The Bertz CT molecular complexity index is 1420. The molecule has 406 valence electrons. The van der Waals surface area contributed by atoms with Gasteiger partial charge in [-0.05, 0) is 192 Å². The molecular weight excluding hydrogens is 953 g/mol. The van der Waals surface area contributed by atoms with E-state index in [0.29, 0.717) is 26.0 Å². The van der Waals surface area contributed by atoms with Crippen LogP contribution in [0.25, 0.3) is 0 Å². The van der Waals surface area contributed by atoms with Gasteiger partial charge in [-0.2, -0.15) is 0 Å². The minimum atomic E-state index is -3.00. The van der Waals surface area contributed by atoms with Crippen molar-refractivity contribution in [3.8, 4) is 0 Å². The predicted molar refractivity (Wildman–Crippen MR) is 288 cm³/mol. The molecule has 0 bridgehead atoms. The standard InChI is InChI=1S/C14H33N2O2P.C12H24N3OP.C6H18N3OP.C6H17N2O2P.C5H14NO2P/c1-10-18-19(17,15(11(2)3)12(4)5)16(13(6)7)14(8)9;16-17(13-7-1-2-8-13,14-9-3-4-10-14)15-11-5-6-12-15;1-7(2)11(10,8(3)4)9(5)6;1-6-10-11(9,7(2)3)8(4)5;1-4-8-9(7,5-2)6-3/h11-14H,10H2,1-9H3;1-12H2;1-6H3;6H2,1-5H3;4-5H2,1-3H3,(H,6,7). The van der Waals surface area contributed by atoms with Gasteiger partial charge < -0.3 is 13.6 Å². The summed E-state index contributed by atoms with van der Waals surface area (Å²) in [5.74, 6) is 0. The van der Waals surface area contributed by atoms with Crippen molar-refractivity contribution in [3.63, 3.8) is 0 Å². The lowest BCUT2D eigenvalue weighted by Gasteiger charge is -2.45. The van der Waals surface area contributed by atoms with Crippen molar-refractivity contribution in [2.75, 3.05) is 143 Å². The normalized spacial score (nSPS) is 18.1. The van der Waals surface area contributed by atoms with Gasteiger partial charge in [0.25, 0.3) is 22.7 Å².